The molecular formula is C17H15BrN2O3. The number of ether oxygens (including phenoxy) is 1. The molecule has 2 amide bonds. The summed E-state index contributed by atoms with van der Waals surface area (Å²) in [5.41, 5.74) is 5.50. The predicted molar refractivity (Wildman–Crippen MR) is 91.2 cm³/mol. The van der Waals surface area contributed by atoms with Crippen LogP contribution in [0.25, 0.3) is 0 Å². The first-order valence-electron chi connectivity index (χ1n) is 6.81. The molecule has 23 heavy (non-hydrogen) atoms. The number of amides is 2. The molecule has 0 unspecified atom stereocenters. The van der Waals surface area contributed by atoms with Crippen molar-refractivity contribution in [1.29, 1.82) is 0 Å². The van der Waals surface area contributed by atoms with Gasteiger partial charge in [0.2, 0.25) is 0 Å². The number of para-hydroxylation sites is 1. The van der Waals surface area contributed by atoms with E-state index in [0.29, 0.717) is 16.9 Å². The molecule has 0 saturated heterocycles. The molecule has 0 radical (unpaired) electrons. The van der Waals surface area contributed by atoms with E-state index in [1.807, 2.05) is 6.07 Å². The van der Waals surface area contributed by atoms with Gasteiger partial charge in [0.25, 0.3) is 11.8 Å². The minimum atomic E-state index is -0.465. The van der Waals surface area contributed by atoms with Crippen molar-refractivity contribution in [3.05, 3.63) is 76.8 Å². The van der Waals surface area contributed by atoms with E-state index in [2.05, 4.69) is 33.4 Å². The molecule has 118 valence electrons. The van der Waals surface area contributed by atoms with Crippen LogP contribution in [-0.2, 0) is 0 Å². The first-order chi connectivity index (χ1) is 11.1. The van der Waals surface area contributed by atoms with E-state index in [-0.39, 0.29) is 6.61 Å². The maximum atomic E-state index is 12.2. The summed E-state index contributed by atoms with van der Waals surface area (Å²) in [6, 6.07) is 13.6. The highest BCUT2D eigenvalue weighted by atomic mass is 79.9. The molecule has 0 aliphatic carbocycles. The van der Waals surface area contributed by atoms with E-state index in [1.54, 1.807) is 48.5 Å². The third-order valence-electron chi connectivity index (χ3n) is 2.86. The molecule has 2 N–H and O–H groups in total. The van der Waals surface area contributed by atoms with Gasteiger partial charge >= 0.3 is 0 Å². The molecule has 0 atom stereocenters. The van der Waals surface area contributed by atoms with Gasteiger partial charge in [0.15, 0.2) is 0 Å². The Hall–Kier alpha value is -2.60. The summed E-state index contributed by atoms with van der Waals surface area (Å²) in [5.74, 6) is -0.459. The van der Waals surface area contributed by atoms with Crippen LogP contribution < -0.4 is 15.6 Å². The average molecular weight is 375 g/mol. The van der Waals surface area contributed by atoms with Crippen LogP contribution in [0.15, 0.2) is 65.7 Å². The minimum Gasteiger partial charge on any atom is -0.489 e. The van der Waals surface area contributed by atoms with Crippen LogP contribution in [0.3, 0.4) is 0 Å². The second-order valence-corrected chi connectivity index (χ2v) is 5.43. The fraction of sp³-hybridized carbons (Fsp3) is 0.0588. The molecule has 0 heterocycles. The van der Waals surface area contributed by atoms with Crippen molar-refractivity contribution < 1.29 is 14.3 Å². The predicted octanol–water partition coefficient (Wildman–Crippen LogP) is 3.09. The number of hydrazine groups is 1. The number of hydrogen-bond acceptors (Lipinski definition) is 3. The third kappa shape index (κ3) is 4.69. The summed E-state index contributed by atoms with van der Waals surface area (Å²) in [7, 11) is 0. The standard InChI is InChI=1S/C17H15BrN2O3/c1-2-10-23-15-9-4-3-8-14(15)17(22)20-19-16(21)12-6-5-7-13(18)11-12/h2-9,11H,1,10H2,(H,19,21)(H,20,22). The Labute approximate surface area is 142 Å². The van der Waals surface area contributed by atoms with E-state index in [0.717, 1.165) is 4.47 Å². The summed E-state index contributed by atoms with van der Waals surface area (Å²) in [4.78, 5) is 24.2. The number of carbonyl (C=O) groups excluding carboxylic acids is 2. The fourth-order valence-corrected chi connectivity index (χ4v) is 2.21. The fourth-order valence-electron chi connectivity index (χ4n) is 1.81. The van der Waals surface area contributed by atoms with Gasteiger partial charge in [-0.2, -0.15) is 0 Å². The lowest BCUT2D eigenvalue weighted by molar-refractivity contribution is 0.0844. The van der Waals surface area contributed by atoms with Gasteiger partial charge in [-0.25, -0.2) is 0 Å². The van der Waals surface area contributed by atoms with Gasteiger partial charge in [-0.1, -0.05) is 46.8 Å². The van der Waals surface area contributed by atoms with E-state index in [4.69, 9.17) is 4.74 Å². The molecule has 2 rings (SSSR count). The van der Waals surface area contributed by atoms with Gasteiger partial charge in [-0.3, -0.25) is 20.4 Å². The number of nitrogens with one attached hydrogen (secondary N) is 2. The Morgan fingerprint density at radius 3 is 2.57 bits per heavy atom. The summed E-state index contributed by atoms with van der Waals surface area (Å²) >= 11 is 3.29. The Kier molecular flexibility index (Phi) is 5.94. The molecular weight excluding hydrogens is 360 g/mol. The zero-order valence-corrected chi connectivity index (χ0v) is 13.8. The highest BCUT2D eigenvalue weighted by Gasteiger charge is 2.13. The zero-order valence-electron chi connectivity index (χ0n) is 12.2. The van der Waals surface area contributed by atoms with Crippen molar-refractivity contribution in [3.8, 4) is 5.75 Å². The normalized spacial score (nSPS) is 9.78. The third-order valence-corrected chi connectivity index (χ3v) is 3.36. The maximum absolute atomic E-state index is 12.2. The molecule has 0 aliphatic heterocycles. The molecule has 0 fully saturated rings. The summed E-state index contributed by atoms with van der Waals surface area (Å²) < 4.78 is 6.19. The summed E-state index contributed by atoms with van der Waals surface area (Å²) in [5, 5.41) is 0. The van der Waals surface area contributed by atoms with E-state index in [1.165, 1.54) is 0 Å². The molecule has 2 aromatic carbocycles. The van der Waals surface area contributed by atoms with Gasteiger partial charge in [0.05, 0.1) is 5.56 Å². The first kappa shape index (κ1) is 16.8. The van der Waals surface area contributed by atoms with E-state index in [9.17, 15) is 9.59 Å². The van der Waals surface area contributed by atoms with Crippen LogP contribution in [0.2, 0.25) is 0 Å². The van der Waals surface area contributed by atoms with Crippen molar-refractivity contribution in [2.24, 2.45) is 0 Å². The van der Waals surface area contributed by atoms with Gasteiger partial charge < -0.3 is 4.74 Å². The van der Waals surface area contributed by atoms with Gasteiger partial charge in [-0.15, -0.1) is 0 Å². The Morgan fingerprint density at radius 2 is 1.83 bits per heavy atom. The quantitative estimate of drug-likeness (QED) is 0.624. The number of benzene rings is 2. The van der Waals surface area contributed by atoms with Crippen LogP contribution >= 0.6 is 15.9 Å². The van der Waals surface area contributed by atoms with Crippen LogP contribution in [0.4, 0.5) is 0 Å². The highest BCUT2D eigenvalue weighted by molar-refractivity contribution is 9.10. The Morgan fingerprint density at radius 1 is 1.09 bits per heavy atom. The van der Waals surface area contributed by atoms with Crippen LogP contribution in [0.5, 0.6) is 5.75 Å². The molecule has 0 spiro atoms. The average Bonchev–Trinajstić information content (AvgIpc) is 2.57. The van der Waals surface area contributed by atoms with Crippen LogP contribution in [-0.4, -0.2) is 18.4 Å². The maximum Gasteiger partial charge on any atom is 0.273 e. The van der Waals surface area contributed by atoms with Gasteiger partial charge in [0.1, 0.15) is 12.4 Å². The lowest BCUT2D eigenvalue weighted by Crippen LogP contribution is -2.41. The van der Waals surface area contributed by atoms with Gasteiger partial charge in [0, 0.05) is 10.0 Å². The molecule has 0 bridgehead atoms. The molecule has 2 aromatic rings. The summed E-state index contributed by atoms with van der Waals surface area (Å²) in [6.45, 7) is 3.85. The van der Waals surface area contributed by atoms with Crippen molar-refractivity contribution in [1.82, 2.24) is 10.9 Å². The molecule has 5 nitrogen and oxygen atoms in total. The van der Waals surface area contributed by atoms with Crippen molar-refractivity contribution >= 4 is 27.7 Å². The molecule has 6 heteroatoms. The largest absolute Gasteiger partial charge is 0.489 e. The minimum absolute atomic E-state index is 0.286. The van der Waals surface area contributed by atoms with Crippen molar-refractivity contribution in [2.75, 3.05) is 6.61 Å². The second kappa shape index (κ2) is 8.14. The highest BCUT2D eigenvalue weighted by Crippen LogP contribution is 2.17. The van der Waals surface area contributed by atoms with E-state index < -0.39 is 11.8 Å². The monoisotopic (exact) mass is 374 g/mol. The smallest absolute Gasteiger partial charge is 0.273 e. The number of carbonyl (C=O) groups is 2. The van der Waals surface area contributed by atoms with Crippen molar-refractivity contribution in [3.63, 3.8) is 0 Å². The molecule has 0 aromatic heterocycles. The number of halogens is 1. The zero-order chi connectivity index (χ0) is 16.7. The lowest BCUT2D eigenvalue weighted by Gasteiger charge is -2.11. The number of hydrogen-bond donors (Lipinski definition) is 2. The van der Waals surface area contributed by atoms with E-state index >= 15 is 0 Å². The van der Waals surface area contributed by atoms with Crippen LogP contribution in [0, 0.1) is 0 Å². The Bertz CT molecular complexity index is 731. The number of rotatable bonds is 5. The topological polar surface area (TPSA) is 67.4 Å². The summed E-state index contributed by atoms with van der Waals surface area (Å²) in [6.07, 6.45) is 1.59. The Balaban J connectivity index is 2.02. The SMILES string of the molecule is C=CCOc1ccccc1C(=O)NNC(=O)c1cccc(Br)c1. The van der Waals surface area contributed by atoms with Crippen molar-refractivity contribution in [2.45, 2.75) is 0 Å². The van der Waals surface area contributed by atoms with Crippen LogP contribution in [0.1, 0.15) is 20.7 Å². The first-order valence-corrected chi connectivity index (χ1v) is 7.60. The lowest BCUT2D eigenvalue weighted by atomic mass is 10.2. The second-order valence-electron chi connectivity index (χ2n) is 4.51. The molecule has 0 aliphatic rings. The van der Waals surface area contributed by atoms with Gasteiger partial charge in [-0.05, 0) is 30.3 Å². The molecule has 0 saturated carbocycles.